The van der Waals surface area contributed by atoms with Gasteiger partial charge in [0.1, 0.15) is 17.6 Å². The average molecular weight is 269 g/mol. The molecule has 19 heavy (non-hydrogen) atoms. The summed E-state index contributed by atoms with van der Waals surface area (Å²) in [6, 6.07) is 3.81. The van der Waals surface area contributed by atoms with Crippen LogP contribution in [0, 0.1) is 12.8 Å². The monoisotopic (exact) mass is 269 g/mol. The Labute approximate surface area is 116 Å². The minimum atomic E-state index is -0.193. The molecule has 1 rings (SSSR count). The minimum absolute atomic E-state index is 0.0596. The molecule has 0 fully saturated rings. The molecule has 2 atom stereocenters. The van der Waals surface area contributed by atoms with Crippen molar-refractivity contribution in [3.63, 3.8) is 0 Å². The quantitative estimate of drug-likeness (QED) is 0.700. The first-order valence-corrected chi connectivity index (χ1v) is 7.05. The predicted octanol–water partition coefficient (Wildman–Crippen LogP) is 3.06. The van der Waals surface area contributed by atoms with Crippen molar-refractivity contribution in [1.82, 2.24) is 0 Å². The smallest absolute Gasteiger partial charge is 0.134 e. The van der Waals surface area contributed by atoms with Crippen molar-refractivity contribution < 1.29 is 13.9 Å². The molecule has 1 aromatic rings. The van der Waals surface area contributed by atoms with Gasteiger partial charge in [0.25, 0.3) is 0 Å². The summed E-state index contributed by atoms with van der Waals surface area (Å²) < 4.78 is 17.0. The van der Waals surface area contributed by atoms with Crippen LogP contribution in [0.5, 0.6) is 0 Å². The summed E-state index contributed by atoms with van der Waals surface area (Å²) in [5.41, 5.74) is 6.10. The summed E-state index contributed by atoms with van der Waals surface area (Å²) in [7, 11) is 0. The van der Waals surface area contributed by atoms with E-state index in [2.05, 4.69) is 13.8 Å². The highest BCUT2D eigenvalue weighted by Gasteiger charge is 2.22. The number of aryl methyl sites for hydroxylation is 1. The van der Waals surface area contributed by atoms with Crippen molar-refractivity contribution in [3.8, 4) is 0 Å². The van der Waals surface area contributed by atoms with Crippen LogP contribution in [0.2, 0.25) is 0 Å². The van der Waals surface area contributed by atoms with Crippen molar-refractivity contribution in [3.05, 3.63) is 23.7 Å². The zero-order chi connectivity index (χ0) is 14.3. The molecule has 2 N–H and O–H groups in total. The molecule has 0 saturated carbocycles. The summed E-state index contributed by atoms with van der Waals surface area (Å²) in [4.78, 5) is 0. The molecule has 0 aliphatic rings. The molecule has 0 saturated heterocycles. The zero-order valence-electron chi connectivity index (χ0n) is 12.5. The standard InChI is InChI=1S/C15H27NO3/c1-5-13(16)15(14-7-6-12(4)19-14)18-9-8-17-10-11(2)3/h6-7,11,13,15H,5,8-10,16H2,1-4H3. The molecule has 0 aliphatic carbocycles. The Morgan fingerprint density at radius 3 is 2.53 bits per heavy atom. The fraction of sp³-hybridized carbons (Fsp3) is 0.733. The first-order chi connectivity index (χ1) is 9.04. The number of ether oxygens (including phenoxy) is 2. The van der Waals surface area contributed by atoms with Gasteiger partial charge < -0.3 is 19.6 Å². The predicted molar refractivity (Wildman–Crippen MR) is 76.1 cm³/mol. The summed E-state index contributed by atoms with van der Waals surface area (Å²) in [6.45, 7) is 10.1. The first-order valence-electron chi connectivity index (χ1n) is 7.05. The van der Waals surface area contributed by atoms with E-state index in [1.165, 1.54) is 0 Å². The third-order valence-electron chi connectivity index (χ3n) is 2.88. The van der Waals surface area contributed by atoms with E-state index >= 15 is 0 Å². The van der Waals surface area contributed by atoms with Gasteiger partial charge in [0, 0.05) is 12.6 Å². The maximum Gasteiger partial charge on any atom is 0.134 e. The van der Waals surface area contributed by atoms with Crippen molar-refractivity contribution in [2.45, 2.75) is 46.3 Å². The lowest BCUT2D eigenvalue weighted by Gasteiger charge is -2.21. The van der Waals surface area contributed by atoms with Crippen LogP contribution in [0.4, 0.5) is 0 Å². The van der Waals surface area contributed by atoms with Gasteiger partial charge in [-0.3, -0.25) is 0 Å². The fourth-order valence-corrected chi connectivity index (χ4v) is 1.79. The fourth-order valence-electron chi connectivity index (χ4n) is 1.79. The topological polar surface area (TPSA) is 57.6 Å². The lowest BCUT2D eigenvalue weighted by atomic mass is 10.1. The molecule has 0 spiro atoms. The number of nitrogens with two attached hydrogens (primary N) is 1. The normalized spacial score (nSPS) is 14.8. The van der Waals surface area contributed by atoms with Crippen molar-refractivity contribution in [2.24, 2.45) is 11.7 Å². The number of hydrogen-bond acceptors (Lipinski definition) is 4. The van der Waals surface area contributed by atoms with Crippen LogP contribution < -0.4 is 5.73 Å². The van der Waals surface area contributed by atoms with Gasteiger partial charge in [0.15, 0.2) is 0 Å². The van der Waals surface area contributed by atoms with Gasteiger partial charge in [-0.25, -0.2) is 0 Å². The highest BCUT2D eigenvalue weighted by molar-refractivity contribution is 5.10. The number of furan rings is 1. The number of hydrogen-bond donors (Lipinski definition) is 1. The SMILES string of the molecule is CCC(N)C(OCCOCC(C)C)c1ccc(C)o1. The van der Waals surface area contributed by atoms with Gasteiger partial charge in [-0.05, 0) is 31.4 Å². The van der Waals surface area contributed by atoms with Crippen molar-refractivity contribution in [1.29, 1.82) is 0 Å². The number of rotatable bonds is 9. The Hall–Kier alpha value is -0.840. The second-order valence-corrected chi connectivity index (χ2v) is 5.28. The molecule has 1 aromatic heterocycles. The lowest BCUT2D eigenvalue weighted by molar-refractivity contribution is -0.0211. The molecule has 110 valence electrons. The van der Waals surface area contributed by atoms with Crippen molar-refractivity contribution in [2.75, 3.05) is 19.8 Å². The Morgan fingerprint density at radius 2 is 2.00 bits per heavy atom. The Balaban J connectivity index is 2.43. The molecule has 0 aromatic carbocycles. The van der Waals surface area contributed by atoms with E-state index in [-0.39, 0.29) is 12.1 Å². The van der Waals surface area contributed by atoms with E-state index in [4.69, 9.17) is 19.6 Å². The molecule has 1 heterocycles. The van der Waals surface area contributed by atoms with Crippen LogP contribution in [-0.4, -0.2) is 25.9 Å². The Morgan fingerprint density at radius 1 is 1.26 bits per heavy atom. The van der Waals surface area contributed by atoms with Crippen LogP contribution in [-0.2, 0) is 9.47 Å². The van der Waals surface area contributed by atoms with Crippen LogP contribution in [0.15, 0.2) is 16.5 Å². The molecule has 0 amide bonds. The van der Waals surface area contributed by atoms with Crippen LogP contribution in [0.25, 0.3) is 0 Å². The van der Waals surface area contributed by atoms with Crippen molar-refractivity contribution >= 4 is 0 Å². The van der Waals surface area contributed by atoms with E-state index in [1.54, 1.807) is 0 Å². The maximum absolute atomic E-state index is 6.10. The highest BCUT2D eigenvalue weighted by atomic mass is 16.5. The molecule has 0 aliphatic heterocycles. The minimum Gasteiger partial charge on any atom is -0.464 e. The molecular formula is C15H27NO3. The van der Waals surface area contributed by atoms with E-state index in [0.717, 1.165) is 24.5 Å². The second kappa shape index (κ2) is 8.35. The molecule has 0 bridgehead atoms. The summed E-state index contributed by atoms with van der Waals surface area (Å²) in [6.07, 6.45) is 0.651. The maximum atomic E-state index is 6.10. The van der Waals surface area contributed by atoms with Crippen LogP contribution in [0.3, 0.4) is 0 Å². The van der Waals surface area contributed by atoms with Gasteiger partial charge in [-0.2, -0.15) is 0 Å². The lowest BCUT2D eigenvalue weighted by Crippen LogP contribution is -2.30. The first kappa shape index (κ1) is 16.2. The molecule has 4 nitrogen and oxygen atoms in total. The van der Waals surface area contributed by atoms with Gasteiger partial charge in [0.05, 0.1) is 13.2 Å². The summed E-state index contributed by atoms with van der Waals surface area (Å²) in [5, 5.41) is 0. The van der Waals surface area contributed by atoms with E-state index in [0.29, 0.717) is 19.1 Å². The highest BCUT2D eigenvalue weighted by Crippen LogP contribution is 2.24. The molecule has 0 radical (unpaired) electrons. The Kier molecular flexibility index (Phi) is 7.13. The Bertz CT molecular complexity index is 349. The second-order valence-electron chi connectivity index (χ2n) is 5.28. The summed E-state index contributed by atoms with van der Waals surface area (Å²) in [5.74, 6) is 2.22. The third-order valence-corrected chi connectivity index (χ3v) is 2.88. The van der Waals surface area contributed by atoms with Gasteiger partial charge in [-0.15, -0.1) is 0 Å². The molecular weight excluding hydrogens is 242 g/mol. The zero-order valence-corrected chi connectivity index (χ0v) is 12.5. The van der Waals surface area contributed by atoms with E-state index < -0.39 is 0 Å². The summed E-state index contributed by atoms with van der Waals surface area (Å²) >= 11 is 0. The van der Waals surface area contributed by atoms with Crippen LogP contribution in [0.1, 0.15) is 44.8 Å². The van der Waals surface area contributed by atoms with E-state index in [1.807, 2.05) is 26.0 Å². The van der Waals surface area contributed by atoms with E-state index in [9.17, 15) is 0 Å². The largest absolute Gasteiger partial charge is 0.464 e. The van der Waals surface area contributed by atoms with Crippen LogP contribution >= 0.6 is 0 Å². The molecule has 4 heteroatoms. The molecule has 2 unspecified atom stereocenters. The third kappa shape index (κ3) is 5.76. The average Bonchev–Trinajstić information content (AvgIpc) is 2.79. The van der Waals surface area contributed by atoms with Gasteiger partial charge in [-0.1, -0.05) is 20.8 Å². The van der Waals surface area contributed by atoms with Gasteiger partial charge in [0.2, 0.25) is 0 Å². The van der Waals surface area contributed by atoms with Gasteiger partial charge >= 0.3 is 0 Å².